The molecule has 3 nitrogen and oxygen atoms in total. The minimum atomic E-state index is -2.34. The number of rotatable bonds is 1. The van der Waals surface area contributed by atoms with Crippen molar-refractivity contribution in [2.24, 2.45) is 5.92 Å². The molecule has 1 fully saturated rings. The monoisotopic (exact) mass is 207 g/mol. The summed E-state index contributed by atoms with van der Waals surface area (Å²) in [6.07, 6.45) is -2.84. The van der Waals surface area contributed by atoms with Crippen LogP contribution in [0.4, 0.5) is 13.6 Å². The molecule has 0 aromatic heterocycles. The maximum atomic E-state index is 12.1. The highest BCUT2D eigenvalue weighted by molar-refractivity contribution is 5.69. The number of alkyl halides is 2. The second-order valence-corrected chi connectivity index (χ2v) is 4.48. The molecule has 0 N–H and O–H groups in total. The highest BCUT2D eigenvalue weighted by Crippen LogP contribution is 2.24. The lowest BCUT2D eigenvalue weighted by molar-refractivity contribution is -0.0415. The number of halogens is 2. The Labute approximate surface area is 82.0 Å². The fraction of sp³-hybridized carbons (Fsp3) is 0.889. The number of hydrogen-bond acceptors (Lipinski definition) is 2. The van der Waals surface area contributed by atoms with Crippen molar-refractivity contribution < 1.29 is 18.3 Å². The number of ether oxygens (including phenoxy) is 1. The van der Waals surface area contributed by atoms with Gasteiger partial charge in [-0.1, -0.05) is 0 Å². The second kappa shape index (κ2) is 3.71. The first-order chi connectivity index (χ1) is 6.29. The van der Waals surface area contributed by atoms with E-state index in [9.17, 15) is 13.6 Å². The molecule has 0 aromatic carbocycles. The summed E-state index contributed by atoms with van der Waals surface area (Å²) in [4.78, 5) is 12.6. The van der Waals surface area contributed by atoms with Crippen molar-refractivity contribution in [3.63, 3.8) is 0 Å². The summed E-state index contributed by atoms with van der Waals surface area (Å²) < 4.78 is 29.2. The standard InChI is InChI=1S/C9H15F2NO2/c1-9(2,3)14-8(13)12-4-6(5-12)7(10)11/h6-7H,4-5H2,1-3H3. The third-order valence-electron chi connectivity index (χ3n) is 1.92. The molecule has 0 spiro atoms. The van der Waals surface area contributed by atoms with Gasteiger partial charge < -0.3 is 9.64 Å². The zero-order valence-corrected chi connectivity index (χ0v) is 8.59. The number of likely N-dealkylation sites (tertiary alicyclic amines) is 1. The van der Waals surface area contributed by atoms with E-state index < -0.39 is 24.0 Å². The molecule has 5 heteroatoms. The molecule has 0 radical (unpaired) electrons. The molecule has 0 aromatic rings. The van der Waals surface area contributed by atoms with Crippen molar-refractivity contribution in [3.8, 4) is 0 Å². The van der Waals surface area contributed by atoms with Crippen molar-refractivity contribution in [1.82, 2.24) is 4.90 Å². The summed E-state index contributed by atoms with van der Waals surface area (Å²) in [5.74, 6) is -0.678. The summed E-state index contributed by atoms with van der Waals surface area (Å²) in [7, 11) is 0. The van der Waals surface area contributed by atoms with Crippen LogP contribution in [0.25, 0.3) is 0 Å². The Bertz CT molecular complexity index is 219. The molecule has 1 saturated heterocycles. The highest BCUT2D eigenvalue weighted by atomic mass is 19.3. The lowest BCUT2D eigenvalue weighted by atomic mass is 10.0. The Hall–Kier alpha value is -0.870. The lowest BCUT2D eigenvalue weighted by Gasteiger charge is -2.39. The van der Waals surface area contributed by atoms with Crippen molar-refractivity contribution in [1.29, 1.82) is 0 Å². The van der Waals surface area contributed by atoms with E-state index >= 15 is 0 Å². The largest absolute Gasteiger partial charge is 0.444 e. The molecular formula is C9H15F2NO2. The topological polar surface area (TPSA) is 29.5 Å². The molecule has 0 aliphatic carbocycles. The van der Waals surface area contributed by atoms with E-state index in [1.165, 1.54) is 4.90 Å². The first-order valence-electron chi connectivity index (χ1n) is 4.55. The van der Waals surface area contributed by atoms with Crippen LogP contribution >= 0.6 is 0 Å². The minimum absolute atomic E-state index is 0.104. The fourth-order valence-corrected chi connectivity index (χ4v) is 1.15. The summed E-state index contributed by atoms with van der Waals surface area (Å²) in [6, 6.07) is 0. The van der Waals surface area contributed by atoms with Gasteiger partial charge in [0.15, 0.2) is 0 Å². The van der Waals surface area contributed by atoms with Crippen molar-refractivity contribution in [2.45, 2.75) is 32.8 Å². The Morgan fingerprint density at radius 3 is 2.29 bits per heavy atom. The van der Waals surface area contributed by atoms with E-state index in [4.69, 9.17) is 4.74 Å². The van der Waals surface area contributed by atoms with Gasteiger partial charge in [0.25, 0.3) is 0 Å². The smallest absolute Gasteiger partial charge is 0.410 e. The van der Waals surface area contributed by atoms with Crippen LogP contribution in [0.15, 0.2) is 0 Å². The molecule has 0 unspecified atom stereocenters. The summed E-state index contributed by atoms with van der Waals surface area (Å²) >= 11 is 0. The van der Waals surface area contributed by atoms with Gasteiger partial charge in [0.1, 0.15) is 5.60 Å². The van der Waals surface area contributed by atoms with Gasteiger partial charge in [0.05, 0.1) is 5.92 Å². The maximum Gasteiger partial charge on any atom is 0.410 e. The number of amides is 1. The SMILES string of the molecule is CC(C)(C)OC(=O)N1CC(C(F)F)C1. The van der Waals surface area contributed by atoms with Crippen molar-refractivity contribution >= 4 is 6.09 Å². The number of hydrogen-bond donors (Lipinski definition) is 0. The Balaban J connectivity index is 2.30. The molecule has 1 rings (SSSR count). The maximum absolute atomic E-state index is 12.1. The molecule has 1 aliphatic heterocycles. The molecule has 0 saturated carbocycles. The van der Waals surface area contributed by atoms with Gasteiger partial charge >= 0.3 is 6.09 Å². The van der Waals surface area contributed by atoms with Crippen molar-refractivity contribution in [3.05, 3.63) is 0 Å². The van der Waals surface area contributed by atoms with Crippen LogP contribution in [0.5, 0.6) is 0 Å². The van der Waals surface area contributed by atoms with E-state index in [1.54, 1.807) is 20.8 Å². The molecule has 14 heavy (non-hydrogen) atoms. The molecule has 0 atom stereocenters. The highest BCUT2D eigenvalue weighted by Gasteiger charge is 2.38. The van der Waals surface area contributed by atoms with Gasteiger partial charge in [0, 0.05) is 13.1 Å². The van der Waals surface area contributed by atoms with E-state index in [-0.39, 0.29) is 13.1 Å². The number of carbonyl (C=O) groups is 1. The molecule has 82 valence electrons. The van der Waals surface area contributed by atoms with Gasteiger partial charge in [-0.2, -0.15) is 0 Å². The van der Waals surface area contributed by atoms with Crippen LogP contribution in [0, 0.1) is 5.92 Å². The summed E-state index contributed by atoms with van der Waals surface area (Å²) in [5, 5.41) is 0. The van der Waals surface area contributed by atoms with Crippen LogP contribution in [-0.2, 0) is 4.74 Å². The summed E-state index contributed by atoms with van der Waals surface area (Å²) in [6.45, 7) is 5.44. The third kappa shape index (κ3) is 2.82. The van der Waals surface area contributed by atoms with Crippen LogP contribution < -0.4 is 0 Å². The molecule has 0 bridgehead atoms. The molecule has 1 amide bonds. The molecule has 1 aliphatic rings. The third-order valence-corrected chi connectivity index (χ3v) is 1.92. The normalized spacial score (nSPS) is 18.3. The summed E-state index contributed by atoms with van der Waals surface area (Å²) in [5.41, 5.74) is -0.562. The zero-order valence-electron chi connectivity index (χ0n) is 8.59. The van der Waals surface area contributed by atoms with Crippen LogP contribution in [0.2, 0.25) is 0 Å². The average Bonchev–Trinajstić information content (AvgIpc) is 1.75. The van der Waals surface area contributed by atoms with E-state index in [0.717, 1.165) is 0 Å². The van der Waals surface area contributed by atoms with Crippen LogP contribution in [-0.4, -0.2) is 36.1 Å². The van der Waals surface area contributed by atoms with Crippen LogP contribution in [0.3, 0.4) is 0 Å². The van der Waals surface area contributed by atoms with Gasteiger partial charge in [-0.15, -0.1) is 0 Å². The number of carbonyl (C=O) groups excluding carboxylic acids is 1. The van der Waals surface area contributed by atoms with Gasteiger partial charge in [-0.3, -0.25) is 0 Å². The average molecular weight is 207 g/mol. The van der Waals surface area contributed by atoms with E-state index in [2.05, 4.69) is 0 Å². The number of nitrogens with zero attached hydrogens (tertiary/aromatic N) is 1. The minimum Gasteiger partial charge on any atom is -0.444 e. The van der Waals surface area contributed by atoms with E-state index in [1.807, 2.05) is 0 Å². The van der Waals surface area contributed by atoms with Gasteiger partial charge in [-0.05, 0) is 20.8 Å². The Morgan fingerprint density at radius 1 is 1.43 bits per heavy atom. The predicted octanol–water partition coefficient (Wildman–Crippen LogP) is 2.12. The first kappa shape index (κ1) is 11.2. The Kier molecular flexibility index (Phi) is 2.97. The molecule has 1 heterocycles. The quantitative estimate of drug-likeness (QED) is 0.659. The fourth-order valence-electron chi connectivity index (χ4n) is 1.15. The van der Waals surface area contributed by atoms with Crippen LogP contribution in [0.1, 0.15) is 20.8 Å². The molecular weight excluding hydrogens is 192 g/mol. The van der Waals surface area contributed by atoms with Gasteiger partial charge in [-0.25, -0.2) is 13.6 Å². The van der Waals surface area contributed by atoms with Crippen molar-refractivity contribution in [2.75, 3.05) is 13.1 Å². The lowest BCUT2D eigenvalue weighted by Crippen LogP contribution is -2.53. The van der Waals surface area contributed by atoms with E-state index in [0.29, 0.717) is 0 Å². The second-order valence-electron chi connectivity index (χ2n) is 4.48. The predicted molar refractivity (Wildman–Crippen MR) is 47.3 cm³/mol. The zero-order chi connectivity index (χ0) is 10.9. The first-order valence-corrected chi connectivity index (χ1v) is 4.55. The Morgan fingerprint density at radius 2 is 1.93 bits per heavy atom. The van der Waals surface area contributed by atoms with Gasteiger partial charge in [0.2, 0.25) is 6.43 Å².